The van der Waals surface area contributed by atoms with Crippen LogP contribution >= 0.6 is 0 Å². The van der Waals surface area contributed by atoms with Crippen LogP contribution in [0.15, 0.2) is 65.4 Å². The molecule has 3 rings (SSSR count). The lowest BCUT2D eigenvalue weighted by Crippen LogP contribution is -2.23. The topological polar surface area (TPSA) is 73.2 Å². The Kier molecular flexibility index (Phi) is 4.58. The summed E-state index contributed by atoms with van der Waals surface area (Å²) in [7, 11) is 1.71. The van der Waals surface area contributed by atoms with E-state index in [1.165, 1.54) is 11.1 Å². The van der Waals surface area contributed by atoms with Gasteiger partial charge >= 0.3 is 5.97 Å². The molecular formula is C20H19N3O3. The third-order valence-corrected chi connectivity index (χ3v) is 4.18. The molecule has 0 saturated carbocycles. The standard InChI is InChI=1S/C20H19N3O3/c1-13-8-10-15(11-9-13)23-19(24)17(14(2)21-23)12-22(3)18-7-5-4-6-16(18)20(25)26/h4-12H,1-3H3,(H,25,26). The third kappa shape index (κ3) is 3.21. The van der Waals surface area contributed by atoms with E-state index in [9.17, 15) is 14.7 Å². The van der Waals surface area contributed by atoms with Crippen molar-refractivity contribution in [2.75, 3.05) is 17.0 Å². The molecule has 2 aromatic rings. The van der Waals surface area contributed by atoms with E-state index in [-0.39, 0.29) is 11.5 Å². The smallest absolute Gasteiger partial charge is 0.337 e. The van der Waals surface area contributed by atoms with Gasteiger partial charge in [-0.25, -0.2) is 4.79 Å². The maximum Gasteiger partial charge on any atom is 0.337 e. The lowest BCUT2D eigenvalue weighted by atomic mass is 10.1. The van der Waals surface area contributed by atoms with Gasteiger partial charge in [0.2, 0.25) is 0 Å². The van der Waals surface area contributed by atoms with E-state index >= 15 is 0 Å². The van der Waals surface area contributed by atoms with Crippen molar-refractivity contribution in [2.24, 2.45) is 5.10 Å². The van der Waals surface area contributed by atoms with Crippen molar-refractivity contribution in [2.45, 2.75) is 13.8 Å². The third-order valence-electron chi connectivity index (χ3n) is 4.18. The first-order chi connectivity index (χ1) is 12.4. The fraction of sp³-hybridized carbons (Fsp3) is 0.150. The van der Waals surface area contributed by atoms with E-state index in [0.29, 0.717) is 22.7 Å². The molecule has 0 bridgehead atoms. The molecule has 0 fully saturated rings. The Morgan fingerprint density at radius 2 is 1.77 bits per heavy atom. The summed E-state index contributed by atoms with van der Waals surface area (Å²) in [6.07, 6.45) is 1.62. The number of nitrogens with zero attached hydrogens (tertiary/aromatic N) is 3. The van der Waals surface area contributed by atoms with Crippen LogP contribution in [0, 0.1) is 6.92 Å². The molecular weight excluding hydrogens is 330 g/mol. The van der Waals surface area contributed by atoms with Crippen LogP contribution in [-0.4, -0.2) is 29.7 Å². The van der Waals surface area contributed by atoms with Gasteiger partial charge in [-0.3, -0.25) is 4.79 Å². The zero-order valence-electron chi connectivity index (χ0n) is 14.8. The number of aromatic carboxylic acids is 1. The van der Waals surface area contributed by atoms with Gasteiger partial charge in [0, 0.05) is 13.2 Å². The van der Waals surface area contributed by atoms with Crippen LogP contribution in [0.4, 0.5) is 11.4 Å². The minimum Gasteiger partial charge on any atom is -0.478 e. The molecule has 1 N–H and O–H groups in total. The quantitative estimate of drug-likeness (QED) is 0.858. The van der Waals surface area contributed by atoms with E-state index in [4.69, 9.17) is 0 Å². The first-order valence-corrected chi connectivity index (χ1v) is 8.12. The van der Waals surface area contributed by atoms with Crippen molar-refractivity contribution in [3.8, 4) is 0 Å². The first-order valence-electron chi connectivity index (χ1n) is 8.12. The molecule has 2 aromatic carbocycles. The minimum atomic E-state index is -1.02. The number of rotatable bonds is 4. The van der Waals surface area contributed by atoms with Crippen LogP contribution in [0.25, 0.3) is 0 Å². The number of hydrazone groups is 1. The van der Waals surface area contributed by atoms with Crippen molar-refractivity contribution >= 4 is 29.0 Å². The first kappa shape index (κ1) is 17.4. The van der Waals surface area contributed by atoms with Gasteiger partial charge in [0.1, 0.15) is 0 Å². The molecule has 1 aliphatic rings. The number of benzene rings is 2. The van der Waals surface area contributed by atoms with E-state index in [1.807, 2.05) is 31.2 Å². The van der Waals surface area contributed by atoms with Crippen LogP contribution in [0.1, 0.15) is 22.8 Å². The molecule has 1 aliphatic heterocycles. The van der Waals surface area contributed by atoms with Crippen LogP contribution in [0.5, 0.6) is 0 Å². The van der Waals surface area contributed by atoms with Crippen molar-refractivity contribution in [3.05, 3.63) is 71.4 Å². The van der Waals surface area contributed by atoms with E-state index < -0.39 is 5.97 Å². The minimum absolute atomic E-state index is 0.169. The molecule has 1 amide bonds. The number of aryl methyl sites for hydroxylation is 1. The maximum atomic E-state index is 12.8. The highest BCUT2D eigenvalue weighted by molar-refractivity contribution is 6.29. The van der Waals surface area contributed by atoms with Gasteiger partial charge < -0.3 is 10.0 Å². The summed E-state index contributed by atoms with van der Waals surface area (Å²) in [5.74, 6) is -1.26. The van der Waals surface area contributed by atoms with E-state index in [1.54, 1.807) is 43.3 Å². The zero-order valence-corrected chi connectivity index (χ0v) is 14.8. The SMILES string of the molecule is CC1=NN(c2ccc(C)cc2)C(=O)C1=CN(C)c1ccccc1C(=O)O. The molecule has 0 saturated heterocycles. The predicted octanol–water partition coefficient (Wildman–Crippen LogP) is 3.44. The number of para-hydroxylation sites is 1. The summed E-state index contributed by atoms with van der Waals surface area (Å²) >= 11 is 0. The van der Waals surface area contributed by atoms with Gasteiger partial charge in [0.05, 0.1) is 28.2 Å². The van der Waals surface area contributed by atoms with Gasteiger partial charge in [0.15, 0.2) is 0 Å². The van der Waals surface area contributed by atoms with E-state index in [0.717, 1.165) is 5.56 Å². The monoisotopic (exact) mass is 349 g/mol. The second-order valence-corrected chi connectivity index (χ2v) is 6.11. The lowest BCUT2D eigenvalue weighted by molar-refractivity contribution is -0.114. The summed E-state index contributed by atoms with van der Waals surface area (Å²) in [4.78, 5) is 25.8. The Morgan fingerprint density at radius 1 is 1.12 bits per heavy atom. The number of hydrogen-bond acceptors (Lipinski definition) is 4. The van der Waals surface area contributed by atoms with Crippen molar-refractivity contribution in [1.82, 2.24) is 0 Å². The van der Waals surface area contributed by atoms with Crippen LogP contribution in [0.3, 0.4) is 0 Å². The lowest BCUT2D eigenvalue weighted by Gasteiger charge is -2.18. The molecule has 132 valence electrons. The molecule has 0 radical (unpaired) electrons. The largest absolute Gasteiger partial charge is 0.478 e. The highest BCUT2D eigenvalue weighted by Crippen LogP contribution is 2.26. The van der Waals surface area contributed by atoms with Crippen molar-refractivity contribution < 1.29 is 14.7 Å². The number of carbonyl (C=O) groups is 2. The summed E-state index contributed by atoms with van der Waals surface area (Å²) in [5.41, 5.74) is 3.46. The van der Waals surface area contributed by atoms with E-state index in [2.05, 4.69) is 5.10 Å². The number of hydrogen-bond donors (Lipinski definition) is 1. The summed E-state index contributed by atoms with van der Waals surface area (Å²) in [6, 6.07) is 14.2. The van der Waals surface area contributed by atoms with Crippen LogP contribution in [-0.2, 0) is 4.79 Å². The Balaban J connectivity index is 1.92. The number of carboxylic acids is 1. The Bertz CT molecular complexity index is 930. The summed E-state index contributed by atoms with van der Waals surface area (Å²) in [5, 5.41) is 15.0. The van der Waals surface area contributed by atoms with Gasteiger partial charge in [0.25, 0.3) is 5.91 Å². The maximum absolute atomic E-state index is 12.8. The second-order valence-electron chi connectivity index (χ2n) is 6.11. The summed E-state index contributed by atoms with van der Waals surface area (Å²) < 4.78 is 0. The Labute approximate surface area is 151 Å². The number of anilines is 2. The highest BCUT2D eigenvalue weighted by Gasteiger charge is 2.29. The fourth-order valence-electron chi connectivity index (χ4n) is 2.75. The Hall–Kier alpha value is -3.41. The van der Waals surface area contributed by atoms with Crippen molar-refractivity contribution in [1.29, 1.82) is 0 Å². The highest BCUT2D eigenvalue weighted by atomic mass is 16.4. The zero-order chi connectivity index (χ0) is 18.8. The molecule has 0 atom stereocenters. The molecule has 6 heteroatoms. The van der Waals surface area contributed by atoms with Crippen molar-refractivity contribution in [3.63, 3.8) is 0 Å². The number of amides is 1. The molecule has 26 heavy (non-hydrogen) atoms. The molecule has 0 unspecified atom stereocenters. The second kappa shape index (κ2) is 6.84. The van der Waals surface area contributed by atoms with Gasteiger partial charge in [-0.05, 0) is 38.1 Å². The predicted molar refractivity (Wildman–Crippen MR) is 102 cm³/mol. The van der Waals surface area contributed by atoms with Gasteiger partial charge in [-0.2, -0.15) is 10.1 Å². The van der Waals surface area contributed by atoms with Crippen LogP contribution < -0.4 is 9.91 Å². The normalized spacial score (nSPS) is 15.3. The number of carbonyl (C=O) groups excluding carboxylic acids is 1. The van der Waals surface area contributed by atoms with Gasteiger partial charge in [-0.1, -0.05) is 29.8 Å². The van der Waals surface area contributed by atoms with Crippen LogP contribution in [0.2, 0.25) is 0 Å². The fourth-order valence-corrected chi connectivity index (χ4v) is 2.75. The average molecular weight is 349 g/mol. The number of carboxylic acid groups (broad SMARTS) is 1. The van der Waals surface area contributed by atoms with Gasteiger partial charge in [-0.15, -0.1) is 0 Å². The molecule has 1 heterocycles. The molecule has 0 aliphatic carbocycles. The molecule has 0 spiro atoms. The molecule has 6 nitrogen and oxygen atoms in total. The molecule has 0 aromatic heterocycles. The summed E-state index contributed by atoms with van der Waals surface area (Å²) in [6.45, 7) is 3.74. The Morgan fingerprint density at radius 3 is 2.42 bits per heavy atom. The average Bonchev–Trinajstić information content (AvgIpc) is 2.90.